The topological polar surface area (TPSA) is 64.1 Å². The number of hydrogen-bond donors (Lipinski definition) is 1. The van der Waals surface area contributed by atoms with Gasteiger partial charge in [0.15, 0.2) is 5.78 Å². The standard InChI is InChI=1S/C13H14ClN3O2S2/c1-3-20-13-16-12(21-17-13)15-7-10(18)8-4-5-11(19-2)9(14)6-8/h4-6H,3,7H2,1-2H3,(H,15,16,17). The Morgan fingerprint density at radius 3 is 3.00 bits per heavy atom. The molecule has 0 amide bonds. The van der Waals surface area contributed by atoms with Crippen molar-refractivity contribution in [1.29, 1.82) is 0 Å². The van der Waals surface area contributed by atoms with Crippen LogP contribution in [0.25, 0.3) is 0 Å². The fourth-order valence-corrected chi connectivity index (χ4v) is 3.09. The molecule has 0 aliphatic rings. The first-order valence-electron chi connectivity index (χ1n) is 6.21. The maximum atomic E-state index is 12.1. The molecule has 5 nitrogen and oxygen atoms in total. The number of nitrogens with zero attached hydrogens (tertiary/aromatic N) is 2. The summed E-state index contributed by atoms with van der Waals surface area (Å²) in [6, 6.07) is 4.96. The van der Waals surface area contributed by atoms with E-state index in [4.69, 9.17) is 16.3 Å². The van der Waals surface area contributed by atoms with Crippen LogP contribution in [0.3, 0.4) is 0 Å². The Kier molecular flexibility index (Phi) is 5.84. The summed E-state index contributed by atoms with van der Waals surface area (Å²) in [7, 11) is 1.53. The lowest BCUT2D eigenvalue weighted by atomic mass is 10.1. The molecule has 0 radical (unpaired) electrons. The van der Waals surface area contributed by atoms with Crippen LogP contribution >= 0.6 is 34.9 Å². The minimum absolute atomic E-state index is 0.0700. The van der Waals surface area contributed by atoms with Crippen molar-refractivity contribution in [2.45, 2.75) is 12.1 Å². The molecular weight excluding hydrogens is 330 g/mol. The molecular formula is C13H14ClN3O2S2. The van der Waals surface area contributed by atoms with Gasteiger partial charge in [-0.15, -0.1) is 0 Å². The van der Waals surface area contributed by atoms with Gasteiger partial charge in [0.25, 0.3) is 0 Å². The average molecular weight is 344 g/mol. The van der Waals surface area contributed by atoms with Gasteiger partial charge in [-0.3, -0.25) is 4.79 Å². The Balaban J connectivity index is 1.96. The smallest absolute Gasteiger partial charge is 0.203 e. The van der Waals surface area contributed by atoms with Crippen molar-refractivity contribution in [1.82, 2.24) is 9.36 Å². The minimum atomic E-state index is -0.0700. The number of carbonyl (C=O) groups is 1. The second kappa shape index (κ2) is 7.63. The number of nitrogens with one attached hydrogen (secondary N) is 1. The summed E-state index contributed by atoms with van der Waals surface area (Å²) >= 11 is 8.82. The van der Waals surface area contributed by atoms with Gasteiger partial charge in [0.1, 0.15) is 5.75 Å². The predicted octanol–water partition coefficient (Wildman–Crippen LogP) is 3.61. The largest absolute Gasteiger partial charge is 0.495 e. The van der Waals surface area contributed by atoms with Gasteiger partial charge in [0.05, 0.1) is 18.7 Å². The lowest BCUT2D eigenvalue weighted by Crippen LogP contribution is -2.13. The lowest BCUT2D eigenvalue weighted by Gasteiger charge is -2.06. The van der Waals surface area contributed by atoms with E-state index in [1.165, 1.54) is 18.6 Å². The van der Waals surface area contributed by atoms with Crippen LogP contribution in [0.4, 0.5) is 5.13 Å². The Morgan fingerprint density at radius 2 is 2.33 bits per heavy atom. The van der Waals surface area contributed by atoms with Crippen LogP contribution in [-0.2, 0) is 0 Å². The van der Waals surface area contributed by atoms with Crippen molar-refractivity contribution in [3.8, 4) is 5.75 Å². The number of methoxy groups -OCH3 is 1. The molecule has 2 rings (SSSR count). The summed E-state index contributed by atoms with van der Waals surface area (Å²) in [5, 5.41) is 4.76. The van der Waals surface area contributed by atoms with Gasteiger partial charge in [-0.2, -0.15) is 9.36 Å². The molecule has 0 spiro atoms. The highest BCUT2D eigenvalue weighted by Gasteiger charge is 2.10. The zero-order valence-electron chi connectivity index (χ0n) is 11.6. The first-order chi connectivity index (χ1) is 10.1. The molecule has 0 saturated heterocycles. The number of ketones is 1. The van der Waals surface area contributed by atoms with E-state index in [2.05, 4.69) is 14.7 Å². The van der Waals surface area contributed by atoms with Gasteiger partial charge < -0.3 is 10.1 Å². The second-order valence-electron chi connectivity index (χ2n) is 3.94. The fraction of sp³-hybridized carbons (Fsp3) is 0.308. The second-order valence-corrected chi connectivity index (χ2v) is 6.33. The molecule has 0 fully saturated rings. The zero-order valence-corrected chi connectivity index (χ0v) is 13.9. The molecule has 0 bridgehead atoms. The number of aromatic nitrogens is 2. The van der Waals surface area contributed by atoms with Crippen LogP contribution in [0.5, 0.6) is 5.75 Å². The molecule has 0 saturated carbocycles. The number of carbonyl (C=O) groups excluding carboxylic acids is 1. The first kappa shape index (κ1) is 16.1. The maximum absolute atomic E-state index is 12.1. The van der Waals surface area contributed by atoms with Crippen LogP contribution in [0.15, 0.2) is 23.4 Å². The summed E-state index contributed by atoms with van der Waals surface area (Å²) in [4.78, 5) is 16.4. The fourth-order valence-electron chi connectivity index (χ4n) is 1.57. The molecule has 8 heteroatoms. The summed E-state index contributed by atoms with van der Waals surface area (Å²) in [6.07, 6.45) is 0. The third kappa shape index (κ3) is 4.33. The Hall–Kier alpha value is -1.31. The summed E-state index contributed by atoms with van der Waals surface area (Å²) in [6.45, 7) is 2.18. The van der Waals surface area contributed by atoms with Gasteiger partial charge in [-0.1, -0.05) is 30.3 Å². The molecule has 0 aliphatic carbocycles. The number of hydrogen-bond acceptors (Lipinski definition) is 7. The van der Waals surface area contributed by atoms with Gasteiger partial charge in [-0.05, 0) is 24.0 Å². The summed E-state index contributed by atoms with van der Waals surface area (Å²) in [5.74, 6) is 1.39. The molecule has 112 valence electrons. The third-order valence-electron chi connectivity index (χ3n) is 2.55. The van der Waals surface area contributed by atoms with Crippen molar-refractivity contribution in [3.05, 3.63) is 28.8 Å². The number of Topliss-reactive ketones (excluding diaryl/α,β-unsaturated/α-hetero) is 1. The molecule has 1 aromatic heterocycles. The van der Waals surface area contributed by atoms with E-state index in [0.29, 0.717) is 21.5 Å². The zero-order chi connectivity index (χ0) is 15.2. The molecule has 1 N–H and O–H groups in total. The highest BCUT2D eigenvalue weighted by molar-refractivity contribution is 7.99. The number of ether oxygens (including phenoxy) is 1. The highest BCUT2D eigenvalue weighted by atomic mass is 35.5. The molecule has 1 aromatic carbocycles. The molecule has 2 aromatic rings. The van der Waals surface area contributed by atoms with Gasteiger partial charge in [0, 0.05) is 17.1 Å². The van der Waals surface area contributed by atoms with E-state index in [1.54, 1.807) is 30.0 Å². The van der Waals surface area contributed by atoms with Crippen molar-refractivity contribution in [3.63, 3.8) is 0 Å². The van der Waals surface area contributed by atoms with Gasteiger partial charge >= 0.3 is 0 Å². The van der Waals surface area contributed by atoms with Crippen molar-refractivity contribution < 1.29 is 9.53 Å². The van der Waals surface area contributed by atoms with E-state index in [-0.39, 0.29) is 12.3 Å². The lowest BCUT2D eigenvalue weighted by molar-refractivity contribution is 0.101. The number of anilines is 1. The van der Waals surface area contributed by atoms with Crippen LogP contribution in [0.2, 0.25) is 5.02 Å². The van der Waals surface area contributed by atoms with Crippen molar-refractivity contribution in [2.24, 2.45) is 0 Å². The monoisotopic (exact) mass is 343 g/mol. The predicted molar refractivity (Wildman–Crippen MR) is 87.1 cm³/mol. The van der Waals surface area contributed by atoms with Crippen molar-refractivity contribution >= 4 is 45.8 Å². The normalized spacial score (nSPS) is 10.4. The van der Waals surface area contributed by atoms with E-state index in [1.807, 2.05) is 6.92 Å². The van der Waals surface area contributed by atoms with Gasteiger partial charge in [0.2, 0.25) is 10.3 Å². The number of benzene rings is 1. The quantitative estimate of drug-likeness (QED) is 0.612. The Bertz CT molecular complexity index is 634. The SMILES string of the molecule is CCSc1nsc(NCC(=O)c2ccc(OC)c(Cl)c2)n1. The van der Waals surface area contributed by atoms with Gasteiger partial charge in [-0.25, -0.2) is 0 Å². The van der Waals surface area contributed by atoms with Crippen LogP contribution in [0, 0.1) is 0 Å². The van der Waals surface area contributed by atoms with Crippen LogP contribution in [-0.4, -0.2) is 34.5 Å². The Morgan fingerprint density at radius 1 is 1.52 bits per heavy atom. The number of halogens is 1. The molecule has 0 atom stereocenters. The third-order valence-corrected chi connectivity index (χ3v) is 4.37. The van der Waals surface area contributed by atoms with E-state index in [9.17, 15) is 4.79 Å². The van der Waals surface area contributed by atoms with Crippen molar-refractivity contribution in [2.75, 3.05) is 24.7 Å². The van der Waals surface area contributed by atoms with E-state index < -0.39 is 0 Å². The summed E-state index contributed by atoms with van der Waals surface area (Å²) in [5.41, 5.74) is 0.529. The Labute approximate surface area is 136 Å². The number of thioether (sulfide) groups is 1. The van der Waals surface area contributed by atoms with E-state index >= 15 is 0 Å². The number of rotatable bonds is 7. The molecule has 0 aliphatic heterocycles. The minimum Gasteiger partial charge on any atom is -0.495 e. The molecule has 1 heterocycles. The maximum Gasteiger partial charge on any atom is 0.203 e. The average Bonchev–Trinajstić information content (AvgIpc) is 2.93. The highest BCUT2D eigenvalue weighted by Crippen LogP contribution is 2.25. The van der Waals surface area contributed by atoms with Crippen LogP contribution < -0.4 is 10.1 Å². The molecule has 0 unspecified atom stereocenters. The molecule has 21 heavy (non-hydrogen) atoms. The summed E-state index contributed by atoms with van der Waals surface area (Å²) < 4.78 is 9.23. The first-order valence-corrected chi connectivity index (χ1v) is 8.35. The van der Waals surface area contributed by atoms with Crippen LogP contribution in [0.1, 0.15) is 17.3 Å². The van der Waals surface area contributed by atoms with E-state index in [0.717, 1.165) is 10.9 Å².